The summed E-state index contributed by atoms with van der Waals surface area (Å²) < 4.78 is 1.69. The molecule has 0 aliphatic rings. The summed E-state index contributed by atoms with van der Waals surface area (Å²) in [6.45, 7) is 3.64. The second-order valence-electron chi connectivity index (χ2n) is 7.11. The lowest BCUT2D eigenvalue weighted by Gasteiger charge is -2.11. The number of hydrogen-bond donors (Lipinski definition) is 1. The second-order valence-corrected chi connectivity index (χ2v) is 7.11. The summed E-state index contributed by atoms with van der Waals surface area (Å²) >= 11 is 0. The van der Waals surface area contributed by atoms with Crippen LogP contribution in [0.3, 0.4) is 0 Å². The van der Waals surface area contributed by atoms with Crippen molar-refractivity contribution >= 4 is 28.2 Å². The van der Waals surface area contributed by atoms with Gasteiger partial charge in [-0.05, 0) is 37.6 Å². The summed E-state index contributed by atoms with van der Waals surface area (Å²) in [6.07, 6.45) is 1.85. The van der Waals surface area contributed by atoms with Gasteiger partial charge in [-0.25, -0.2) is 4.98 Å². The molecule has 0 aliphatic heterocycles. The number of benzene rings is 2. The number of aromatic nitrogens is 3. The average molecular weight is 401 g/mol. The van der Waals surface area contributed by atoms with E-state index in [4.69, 9.17) is 0 Å². The molecule has 0 radical (unpaired) electrons. The maximum absolute atomic E-state index is 13.2. The maximum Gasteiger partial charge on any atom is 0.293 e. The number of pyridine rings is 1. The van der Waals surface area contributed by atoms with Crippen molar-refractivity contribution in [3.05, 3.63) is 81.7 Å². The molecule has 8 heteroatoms. The van der Waals surface area contributed by atoms with Crippen molar-refractivity contribution in [2.24, 2.45) is 7.05 Å². The summed E-state index contributed by atoms with van der Waals surface area (Å²) in [5.74, 6) is -0.441. The Balaban J connectivity index is 1.83. The van der Waals surface area contributed by atoms with E-state index >= 15 is 0 Å². The standard InChI is InChI=1S/C22H19N5O3/c1-13-8-9-19(21(10-13)27(29)30)24-22(28)16-11-20(17-12-26(3)25-14(17)2)23-18-7-5-4-6-15(16)18/h4-12H,1-3H3,(H,24,28). The molecule has 1 N–H and O–H groups in total. The highest BCUT2D eigenvalue weighted by atomic mass is 16.6. The number of nitrogens with zero attached hydrogens (tertiary/aromatic N) is 4. The zero-order valence-corrected chi connectivity index (χ0v) is 16.7. The van der Waals surface area contributed by atoms with Gasteiger partial charge in [0.1, 0.15) is 5.69 Å². The van der Waals surface area contributed by atoms with Gasteiger partial charge in [0.2, 0.25) is 0 Å². The third kappa shape index (κ3) is 3.50. The zero-order valence-electron chi connectivity index (χ0n) is 16.7. The van der Waals surface area contributed by atoms with Gasteiger partial charge in [0.15, 0.2) is 0 Å². The molecule has 2 aromatic carbocycles. The van der Waals surface area contributed by atoms with E-state index in [0.717, 1.165) is 16.8 Å². The molecule has 30 heavy (non-hydrogen) atoms. The first-order chi connectivity index (χ1) is 14.3. The van der Waals surface area contributed by atoms with Crippen LogP contribution in [0.5, 0.6) is 0 Å². The molecular formula is C22H19N5O3. The van der Waals surface area contributed by atoms with Crippen molar-refractivity contribution in [1.82, 2.24) is 14.8 Å². The highest BCUT2D eigenvalue weighted by Crippen LogP contribution is 2.29. The smallest absolute Gasteiger partial charge is 0.293 e. The van der Waals surface area contributed by atoms with E-state index in [1.54, 1.807) is 35.9 Å². The minimum Gasteiger partial charge on any atom is -0.316 e. The maximum atomic E-state index is 13.2. The summed E-state index contributed by atoms with van der Waals surface area (Å²) in [4.78, 5) is 28.8. The molecule has 0 atom stereocenters. The number of nitrogens with one attached hydrogen (secondary N) is 1. The Morgan fingerprint density at radius 3 is 2.60 bits per heavy atom. The van der Waals surface area contributed by atoms with Crippen LogP contribution in [-0.4, -0.2) is 25.6 Å². The van der Waals surface area contributed by atoms with Crippen molar-refractivity contribution in [2.45, 2.75) is 13.8 Å². The molecule has 150 valence electrons. The van der Waals surface area contributed by atoms with Crippen LogP contribution in [-0.2, 0) is 7.05 Å². The van der Waals surface area contributed by atoms with Gasteiger partial charge in [-0.2, -0.15) is 5.10 Å². The largest absolute Gasteiger partial charge is 0.316 e. The van der Waals surface area contributed by atoms with Crippen molar-refractivity contribution in [2.75, 3.05) is 5.32 Å². The van der Waals surface area contributed by atoms with E-state index in [9.17, 15) is 14.9 Å². The minimum absolute atomic E-state index is 0.148. The first-order valence-corrected chi connectivity index (χ1v) is 9.30. The predicted molar refractivity (Wildman–Crippen MR) is 114 cm³/mol. The number of nitro groups is 1. The molecule has 0 saturated carbocycles. The molecule has 4 rings (SSSR count). The van der Waals surface area contributed by atoms with E-state index in [2.05, 4.69) is 15.4 Å². The monoisotopic (exact) mass is 401 g/mol. The van der Waals surface area contributed by atoms with Gasteiger partial charge < -0.3 is 5.32 Å². The number of carbonyl (C=O) groups excluding carboxylic acids is 1. The zero-order chi connectivity index (χ0) is 21.4. The molecule has 0 fully saturated rings. The summed E-state index contributed by atoms with van der Waals surface area (Å²) in [5, 5.41) is 19.1. The van der Waals surface area contributed by atoms with Gasteiger partial charge in [-0.1, -0.05) is 24.3 Å². The van der Waals surface area contributed by atoms with Crippen molar-refractivity contribution in [1.29, 1.82) is 0 Å². The van der Waals surface area contributed by atoms with Gasteiger partial charge in [-0.3, -0.25) is 19.6 Å². The van der Waals surface area contributed by atoms with E-state index in [-0.39, 0.29) is 11.4 Å². The molecular weight excluding hydrogens is 382 g/mol. The fraction of sp³-hybridized carbons (Fsp3) is 0.136. The quantitative estimate of drug-likeness (QED) is 0.403. The first kappa shape index (κ1) is 19.3. The number of anilines is 1. The number of carbonyl (C=O) groups is 1. The van der Waals surface area contributed by atoms with Crippen molar-refractivity contribution < 1.29 is 9.72 Å². The molecule has 0 saturated heterocycles. The van der Waals surface area contributed by atoms with E-state index in [0.29, 0.717) is 22.2 Å². The lowest BCUT2D eigenvalue weighted by atomic mass is 10.0. The number of aryl methyl sites for hydroxylation is 3. The molecule has 4 aromatic rings. The number of fused-ring (bicyclic) bond motifs is 1. The molecule has 0 unspecified atom stereocenters. The minimum atomic E-state index is -0.502. The number of amides is 1. The van der Waals surface area contributed by atoms with Crippen LogP contribution in [0, 0.1) is 24.0 Å². The SMILES string of the molecule is Cc1ccc(NC(=O)c2cc(-c3cn(C)nc3C)nc3ccccc23)c([N+](=O)[O-])c1. The van der Waals surface area contributed by atoms with Gasteiger partial charge in [0, 0.05) is 30.3 Å². The molecule has 2 heterocycles. The van der Waals surface area contributed by atoms with Crippen LogP contribution in [0.4, 0.5) is 11.4 Å². The van der Waals surface area contributed by atoms with Crippen LogP contribution >= 0.6 is 0 Å². The molecule has 0 spiro atoms. The van der Waals surface area contributed by atoms with Crippen LogP contribution in [0.2, 0.25) is 0 Å². The lowest BCUT2D eigenvalue weighted by Crippen LogP contribution is -2.14. The highest BCUT2D eigenvalue weighted by molar-refractivity contribution is 6.13. The van der Waals surface area contributed by atoms with Gasteiger partial charge >= 0.3 is 0 Å². The van der Waals surface area contributed by atoms with E-state index in [1.807, 2.05) is 38.4 Å². The van der Waals surface area contributed by atoms with Crippen LogP contribution in [0.25, 0.3) is 22.2 Å². The molecule has 0 bridgehead atoms. The summed E-state index contributed by atoms with van der Waals surface area (Å²) in [5.41, 5.74) is 4.00. The number of hydrogen-bond acceptors (Lipinski definition) is 5. The first-order valence-electron chi connectivity index (χ1n) is 9.30. The Labute approximate surface area is 172 Å². The van der Waals surface area contributed by atoms with Crippen molar-refractivity contribution in [3.63, 3.8) is 0 Å². The number of nitro benzene ring substituents is 1. The average Bonchev–Trinajstić information content (AvgIpc) is 3.06. The van der Waals surface area contributed by atoms with Crippen LogP contribution < -0.4 is 5.32 Å². The molecule has 0 aliphatic carbocycles. The molecule has 2 aromatic heterocycles. The Morgan fingerprint density at radius 1 is 1.13 bits per heavy atom. The second kappa shape index (κ2) is 7.40. The predicted octanol–water partition coefficient (Wildman–Crippen LogP) is 4.41. The Morgan fingerprint density at radius 2 is 1.90 bits per heavy atom. The Kier molecular flexibility index (Phi) is 4.75. The molecule has 8 nitrogen and oxygen atoms in total. The fourth-order valence-electron chi connectivity index (χ4n) is 3.44. The Bertz CT molecular complexity index is 1310. The van der Waals surface area contributed by atoms with E-state index < -0.39 is 10.8 Å². The fourth-order valence-corrected chi connectivity index (χ4v) is 3.44. The van der Waals surface area contributed by atoms with Crippen LogP contribution in [0.1, 0.15) is 21.6 Å². The van der Waals surface area contributed by atoms with E-state index in [1.165, 1.54) is 6.07 Å². The lowest BCUT2D eigenvalue weighted by molar-refractivity contribution is -0.384. The Hall–Kier alpha value is -4.07. The number of rotatable bonds is 4. The third-order valence-corrected chi connectivity index (χ3v) is 4.85. The normalized spacial score (nSPS) is 10.9. The topological polar surface area (TPSA) is 103 Å². The van der Waals surface area contributed by atoms with Gasteiger partial charge in [0.25, 0.3) is 11.6 Å². The molecule has 1 amide bonds. The third-order valence-electron chi connectivity index (χ3n) is 4.85. The van der Waals surface area contributed by atoms with Gasteiger partial charge in [0.05, 0.1) is 27.4 Å². The highest BCUT2D eigenvalue weighted by Gasteiger charge is 2.20. The summed E-state index contributed by atoms with van der Waals surface area (Å²) in [7, 11) is 1.82. The van der Waals surface area contributed by atoms with Crippen molar-refractivity contribution in [3.8, 4) is 11.3 Å². The van der Waals surface area contributed by atoms with Crippen LogP contribution in [0.15, 0.2) is 54.7 Å². The van der Waals surface area contributed by atoms with Gasteiger partial charge in [-0.15, -0.1) is 0 Å². The number of para-hydroxylation sites is 1. The summed E-state index contributed by atoms with van der Waals surface area (Å²) in [6, 6.07) is 13.7.